The van der Waals surface area contributed by atoms with E-state index in [1.165, 1.54) is 5.01 Å². The van der Waals surface area contributed by atoms with E-state index in [2.05, 4.69) is 10.1 Å². The Labute approximate surface area is 146 Å². The molecule has 1 aromatic carbocycles. The number of hydrogen-bond donors (Lipinski definition) is 0. The Morgan fingerprint density at radius 3 is 2.76 bits per heavy atom. The second-order valence-electron chi connectivity index (χ2n) is 5.74. The third-order valence-corrected chi connectivity index (χ3v) is 3.53. The molecule has 25 heavy (non-hydrogen) atoms. The number of benzene rings is 1. The summed E-state index contributed by atoms with van der Waals surface area (Å²) in [6.45, 7) is 1.19. The van der Waals surface area contributed by atoms with Crippen LogP contribution in [0.1, 0.15) is 5.69 Å². The highest BCUT2D eigenvalue weighted by Gasteiger charge is 2.26. The van der Waals surface area contributed by atoms with E-state index in [0.29, 0.717) is 23.7 Å². The number of nitrogens with zero attached hydrogens (tertiary/aromatic N) is 4. The first-order valence-corrected chi connectivity index (χ1v) is 7.97. The number of carbonyl (C=O) groups excluding carboxylic acids is 1. The van der Waals surface area contributed by atoms with Crippen LogP contribution in [0.4, 0.5) is 5.69 Å². The number of anilines is 1. The van der Waals surface area contributed by atoms with Crippen LogP contribution in [0.5, 0.6) is 5.75 Å². The third-order valence-electron chi connectivity index (χ3n) is 3.53. The summed E-state index contributed by atoms with van der Waals surface area (Å²) in [5.74, 6) is 0.607. The summed E-state index contributed by atoms with van der Waals surface area (Å²) in [5.41, 5.74) is 1.16. The molecule has 7 nitrogen and oxygen atoms in total. The van der Waals surface area contributed by atoms with Gasteiger partial charge in [0.2, 0.25) is 0 Å². The quantitative estimate of drug-likeness (QED) is 0.801. The van der Waals surface area contributed by atoms with Gasteiger partial charge in [-0.05, 0) is 38.4 Å². The van der Waals surface area contributed by atoms with Gasteiger partial charge in [0.15, 0.2) is 18.1 Å². The molecule has 0 unspecified atom stereocenters. The zero-order valence-electron chi connectivity index (χ0n) is 14.3. The van der Waals surface area contributed by atoms with Crippen LogP contribution in [-0.2, 0) is 9.53 Å². The summed E-state index contributed by atoms with van der Waals surface area (Å²) < 4.78 is 11.3. The van der Waals surface area contributed by atoms with Crippen LogP contribution >= 0.6 is 0 Å². The third kappa shape index (κ3) is 4.13. The molecule has 0 fully saturated rings. The largest absolute Gasteiger partial charge is 0.490 e. The molecule has 0 N–H and O–H groups in total. The molecule has 0 atom stereocenters. The fourth-order valence-electron chi connectivity index (χ4n) is 2.26. The van der Waals surface area contributed by atoms with E-state index in [1.54, 1.807) is 12.3 Å². The van der Waals surface area contributed by atoms with Crippen molar-refractivity contribution in [3.05, 3.63) is 54.4 Å². The fourth-order valence-corrected chi connectivity index (χ4v) is 2.26. The van der Waals surface area contributed by atoms with Crippen molar-refractivity contribution in [1.29, 1.82) is 0 Å². The minimum atomic E-state index is -0.235. The van der Waals surface area contributed by atoms with Crippen molar-refractivity contribution in [2.75, 3.05) is 38.9 Å². The number of aromatic nitrogens is 1. The first-order chi connectivity index (χ1) is 12.1. The van der Waals surface area contributed by atoms with Crippen LogP contribution in [0, 0.1) is 0 Å². The van der Waals surface area contributed by atoms with Crippen molar-refractivity contribution in [1.82, 2.24) is 9.88 Å². The number of amides is 1. The molecule has 1 aliphatic heterocycles. The number of hydrogen-bond acceptors (Lipinski definition) is 6. The molecule has 1 amide bonds. The maximum Gasteiger partial charge on any atom is 0.285 e. The van der Waals surface area contributed by atoms with Crippen molar-refractivity contribution in [2.45, 2.75) is 0 Å². The van der Waals surface area contributed by atoms with Crippen molar-refractivity contribution >= 4 is 17.5 Å². The van der Waals surface area contributed by atoms with Gasteiger partial charge < -0.3 is 14.4 Å². The fraction of sp³-hybridized carbons (Fsp3) is 0.278. The molecule has 2 aromatic rings. The van der Waals surface area contributed by atoms with Crippen LogP contribution in [-0.4, -0.2) is 55.5 Å². The SMILES string of the molecule is CN(C)CCOc1cccnc1C1=NN(c2ccccc2)C(=O)CO1. The lowest BCUT2D eigenvalue weighted by atomic mass is 10.3. The first-order valence-electron chi connectivity index (χ1n) is 7.97. The zero-order valence-corrected chi connectivity index (χ0v) is 14.3. The van der Waals surface area contributed by atoms with Gasteiger partial charge in [-0.3, -0.25) is 4.79 Å². The summed E-state index contributed by atoms with van der Waals surface area (Å²) in [7, 11) is 3.95. The monoisotopic (exact) mass is 340 g/mol. The van der Waals surface area contributed by atoms with Gasteiger partial charge in [0.1, 0.15) is 6.61 Å². The van der Waals surface area contributed by atoms with E-state index in [0.717, 1.165) is 6.54 Å². The van der Waals surface area contributed by atoms with Gasteiger partial charge in [0, 0.05) is 12.7 Å². The molecule has 0 saturated carbocycles. The van der Waals surface area contributed by atoms with Gasteiger partial charge in [0.25, 0.3) is 11.8 Å². The van der Waals surface area contributed by atoms with Gasteiger partial charge in [-0.25, -0.2) is 4.98 Å². The van der Waals surface area contributed by atoms with Gasteiger partial charge in [0.05, 0.1) is 5.69 Å². The summed E-state index contributed by atoms with van der Waals surface area (Å²) in [5, 5.41) is 5.66. The van der Waals surface area contributed by atoms with Crippen molar-refractivity contribution < 1.29 is 14.3 Å². The average Bonchev–Trinajstić information content (AvgIpc) is 2.63. The smallest absolute Gasteiger partial charge is 0.285 e. The Kier molecular flexibility index (Phi) is 5.25. The van der Waals surface area contributed by atoms with E-state index in [-0.39, 0.29) is 18.4 Å². The topological polar surface area (TPSA) is 67.3 Å². The van der Waals surface area contributed by atoms with E-state index in [4.69, 9.17) is 9.47 Å². The van der Waals surface area contributed by atoms with Crippen LogP contribution in [0.2, 0.25) is 0 Å². The minimum absolute atomic E-state index is 0.0958. The molecule has 1 aromatic heterocycles. The van der Waals surface area contributed by atoms with Crippen LogP contribution in [0.15, 0.2) is 53.8 Å². The van der Waals surface area contributed by atoms with Gasteiger partial charge >= 0.3 is 0 Å². The first kappa shape index (κ1) is 16.9. The highest BCUT2D eigenvalue weighted by atomic mass is 16.5. The van der Waals surface area contributed by atoms with Gasteiger partial charge in [-0.2, -0.15) is 5.01 Å². The molecule has 0 saturated heterocycles. The molecule has 3 rings (SSSR count). The standard InChI is InChI=1S/C18H20N4O3/c1-21(2)11-12-24-15-9-6-10-19-17(15)18-20-22(16(23)13-25-18)14-7-4-3-5-8-14/h3-10H,11-13H2,1-2H3. The molecular weight excluding hydrogens is 320 g/mol. The van der Waals surface area contributed by atoms with E-state index < -0.39 is 0 Å². The maximum absolute atomic E-state index is 12.1. The molecule has 1 aliphatic rings. The lowest BCUT2D eigenvalue weighted by molar-refractivity contribution is -0.121. The molecule has 2 heterocycles. The van der Waals surface area contributed by atoms with E-state index >= 15 is 0 Å². The summed E-state index contributed by atoms with van der Waals surface area (Å²) in [6.07, 6.45) is 1.64. The number of pyridine rings is 1. The van der Waals surface area contributed by atoms with Crippen molar-refractivity contribution in [2.24, 2.45) is 5.10 Å². The Morgan fingerprint density at radius 1 is 1.20 bits per heavy atom. The van der Waals surface area contributed by atoms with E-state index in [9.17, 15) is 4.79 Å². The zero-order chi connectivity index (χ0) is 17.6. The van der Waals surface area contributed by atoms with Crippen LogP contribution in [0.3, 0.4) is 0 Å². The summed E-state index contributed by atoms with van der Waals surface area (Å²) in [4.78, 5) is 18.5. The molecule has 0 radical (unpaired) electrons. The molecule has 0 aliphatic carbocycles. The lowest BCUT2D eigenvalue weighted by Gasteiger charge is -2.24. The predicted octanol–water partition coefficient (Wildman–Crippen LogP) is 1.75. The van der Waals surface area contributed by atoms with Crippen LogP contribution in [0.25, 0.3) is 0 Å². The van der Waals surface area contributed by atoms with Gasteiger partial charge in [-0.1, -0.05) is 18.2 Å². The Hall–Kier alpha value is -2.93. The Bertz CT molecular complexity index is 762. The number of hydrazone groups is 1. The van der Waals surface area contributed by atoms with Crippen molar-refractivity contribution in [3.8, 4) is 5.75 Å². The number of carbonyl (C=O) groups is 1. The van der Waals surface area contributed by atoms with E-state index in [1.807, 2.05) is 55.4 Å². The second kappa shape index (κ2) is 7.76. The highest BCUT2D eigenvalue weighted by molar-refractivity contribution is 6.04. The maximum atomic E-state index is 12.1. The predicted molar refractivity (Wildman–Crippen MR) is 94.7 cm³/mol. The van der Waals surface area contributed by atoms with Gasteiger partial charge in [-0.15, -0.1) is 5.10 Å². The summed E-state index contributed by atoms with van der Waals surface area (Å²) >= 11 is 0. The lowest BCUT2D eigenvalue weighted by Crippen LogP contribution is -2.37. The number of likely N-dealkylation sites (N-methyl/N-ethyl adjacent to an activating group) is 1. The molecule has 7 heteroatoms. The second-order valence-corrected chi connectivity index (χ2v) is 5.74. The molecule has 0 bridgehead atoms. The highest BCUT2D eigenvalue weighted by Crippen LogP contribution is 2.22. The normalized spacial score (nSPS) is 14.3. The Balaban J connectivity index is 1.87. The minimum Gasteiger partial charge on any atom is -0.490 e. The Morgan fingerprint density at radius 2 is 2.00 bits per heavy atom. The molecular formula is C18H20N4O3. The van der Waals surface area contributed by atoms with Crippen molar-refractivity contribution in [3.63, 3.8) is 0 Å². The number of para-hydroxylation sites is 1. The van der Waals surface area contributed by atoms with Crippen LogP contribution < -0.4 is 9.75 Å². The number of rotatable bonds is 6. The summed E-state index contributed by atoms with van der Waals surface area (Å²) in [6, 6.07) is 12.8. The number of ether oxygens (including phenoxy) is 2. The molecule has 130 valence electrons. The average molecular weight is 340 g/mol. The molecule has 0 spiro atoms.